The molecule has 0 amide bonds. The van der Waals surface area contributed by atoms with Crippen molar-refractivity contribution >= 4 is 49.4 Å². The highest BCUT2D eigenvalue weighted by Crippen LogP contribution is 2.26. The van der Waals surface area contributed by atoms with Crippen molar-refractivity contribution in [3.05, 3.63) is 61.7 Å². The number of aromatic nitrogens is 4. The van der Waals surface area contributed by atoms with E-state index in [2.05, 4.69) is 41.2 Å². The van der Waals surface area contributed by atoms with Crippen LogP contribution in [0.25, 0.3) is 16.4 Å². The smallest absolute Gasteiger partial charge is 0.291 e. The largest absolute Gasteiger partial charge is 0.301 e. The third-order valence-corrected chi connectivity index (χ3v) is 5.53. The van der Waals surface area contributed by atoms with Crippen LogP contribution in [-0.2, 0) is 0 Å². The monoisotopic (exact) mass is 446 g/mol. The van der Waals surface area contributed by atoms with Crippen LogP contribution in [0.5, 0.6) is 0 Å². The van der Waals surface area contributed by atoms with Crippen molar-refractivity contribution in [2.75, 3.05) is 0 Å². The Morgan fingerprint density at radius 3 is 2.73 bits per heavy atom. The van der Waals surface area contributed by atoms with Gasteiger partial charge in [-0.15, -0.1) is 32.9 Å². The van der Waals surface area contributed by atoms with Crippen molar-refractivity contribution in [3.8, 4) is 16.4 Å². The Morgan fingerprint density at radius 2 is 2.00 bits per heavy atom. The zero-order valence-electron chi connectivity index (χ0n) is 13.4. The molecule has 1 aromatic carbocycles. The number of azo groups is 1. The molecule has 0 fully saturated rings. The van der Waals surface area contributed by atoms with Gasteiger partial charge in [0.25, 0.3) is 0 Å². The lowest BCUT2D eigenvalue weighted by Crippen LogP contribution is -2.13. The van der Waals surface area contributed by atoms with E-state index in [1.807, 2.05) is 29.6 Å². The zero-order valence-corrected chi connectivity index (χ0v) is 16.6. The molecule has 0 aliphatic carbocycles. The van der Waals surface area contributed by atoms with Gasteiger partial charge in [0.05, 0.1) is 11.4 Å². The van der Waals surface area contributed by atoms with E-state index in [1.54, 1.807) is 18.5 Å². The van der Waals surface area contributed by atoms with E-state index in [4.69, 9.17) is 0 Å². The zero-order chi connectivity index (χ0) is 18.1. The molecule has 0 radical (unpaired) electrons. The maximum atomic E-state index is 12.7. The number of aryl methyl sites for hydroxylation is 1. The Bertz CT molecular complexity index is 1120. The molecule has 4 aromatic rings. The van der Waals surface area contributed by atoms with Crippen LogP contribution in [0.2, 0.25) is 0 Å². The molecular formula is C16H11BrN6OS2. The SMILES string of the molecule is Cc1[nH]n(-c2nc(-c3ccc(Br)cc3)cs2)c(=O)c1N=Nc1nccs1. The van der Waals surface area contributed by atoms with Gasteiger partial charge < -0.3 is 0 Å². The summed E-state index contributed by atoms with van der Waals surface area (Å²) in [4.78, 5) is 21.2. The summed E-state index contributed by atoms with van der Waals surface area (Å²) in [6.07, 6.45) is 1.64. The molecular weight excluding hydrogens is 436 g/mol. The number of benzene rings is 1. The third-order valence-electron chi connectivity index (χ3n) is 3.52. The van der Waals surface area contributed by atoms with Crippen LogP contribution in [0.15, 0.2) is 60.7 Å². The van der Waals surface area contributed by atoms with Gasteiger partial charge in [0.1, 0.15) is 0 Å². The van der Waals surface area contributed by atoms with Gasteiger partial charge in [-0.05, 0) is 19.1 Å². The van der Waals surface area contributed by atoms with Crippen molar-refractivity contribution in [2.24, 2.45) is 10.2 Å². The first-order valence-corrected chi connectivity index (χ1v) is 10.0. The van der Waals surface area contributed by atoms with Crippen LogP contribution >= 0.6 is 38.6 Å². The summed E-state index contributed by atoms with van der Waals surface area (Å²) in [5, 5.41) is 15.8. The van der Waals surface area contributed by atoms with Gasteiger partial charge in [-0.3, -0.25) is 9.89 Å². The molecule has 4 rings (SSSR count). The summed E-state index contributed by atoms with van der Waals surface area (Å²) in [7, 11) is 0. The highest BCUT2D eigenvalue weighted by molar-refractivity contribution is 9.10. The fourth-order valence-electron chi connectivity index (χ4n) is 2.27. The number of nitrogens with one attached hydrogen (secondary N) is 1. The fourth-order valence-corrected chi connectivity index (χ4v) is 3.78. The minimum absolute atomic E-state index is 0.251. The van der Waals surface area contributed by atoms with Gasteiger partial charge in [-0.25, -0.2) is 9.97 Å². The molecule has 0 saturated heterocycles. The molecule has 3 heterocycles. The number of halogens is 1. The second kappa shape index (κ2) is 7.06. The van der Waals surface area contributed by atoms with E-state index in [0.717, 1.165) is 15.7 Å². The number of aromatic amines is 1. The molecule has 3 aromatic heterocycles. The lowest BCUT2D eigenvalue weighted by atomic mass is 10.2. The second-order valence-corrected chi connectivity index (χ2v) is 7.89. The van der Waals surface area contributed by atoms with Gasteiger partial charge in [-0.1, -0.05) is 28.1 Å². The number of hydrogen-bond donors (Lipinski definition) is 1. The highest BCUT2D eigenvalue weighted by Gasteiger charge is 2.15. The second-order valence-electron chi connectivity index (χ2n) is 5.26. The summed E-state index contributed by atoms with van der Waals surface area (Å²) in [5.74, 6) is 0. The van der Waals surface area contributed by atoms with Crippen LogP contribution in [0.4, 0.5) is 10.8 Å². The molecule has 1 N–H and O–H groups in total. The topological polar surface area (TPSA) is 88.3 Å². The van der Waals surface area contributed by atoms with Gasteiger partial charge in [0, 0.05) is 27.0 Å². The standard InChI is InChI=1S/C16H11BrN6OS2/c1-9-13(20-21-15-18-6-7-25-15)14(24)23(22-9)16-19-12(8-26-16)10-2-4-11(17)5-3-10/h2-8,22H,1H3. The first kappa shape index (κ1) is 17.0. The number of rotatable bonds is 4. The molecule has 0 bridgehead atoms. The van der Waals surface area contributed by atoms with Gasteiger partial charge in [-0.2, -0.15) is 4.68 Å². The van der Waals surface area contributed by atoms with Crippen LogP contribution < -0.4 is 5.56 Å². The first-order chi connectivity index (χ1) is 12.6. The third kappa shape index (κ3) is 3.30. The number of H-pyrrole nitrogens is 1. The maximum absolute atomic E-state index is 12.7. The van der Waals surface area contributed by atoms with Crippen molar-refractivity contribution in [1.82, 2.24) is 19.7 Å². The molecule has 0 aliphatic rings. The Labute approximate surface area is 164 Å². The Kier molecular flexibility index (Phi) is 4.62. The molecule has 0 spiro atoms. The lowest BCUT2D eigenvalue weighted by molar-refractivity contribution is 0.827. The van der Waals surface area contributed by atoms with Crippen molar-refractivity contribution in [2.45, 2.75) is 6.92 Å². The molecule has 7 nitrogen and oxygen atoms in total. The minimum Gasteiger partial charge on any atom is -0.291 e. The van der Waals surface area contributed by atoms with Gasteiger partial charge in [0.2, 0.25) is 10.3 Å². The maximum Gasteiger partial charge on any atom is 0.301 e. The number of thiazole rings is 2. The van der Waals surface area contributed by atoms with Crippen LogP contribution in [0.3, 0.4) is 0 Å². The van der Waals surface area contributed by atoms with Crippen LogP contribution in [0.1, 0.15) is 5.69 Å². The van der Waals surface area contributed by atoms with E-state index >= 15 is 0 Å². The first-order valence-electron chi connectivity index (χ1n) is 7.46. The molecule has 130 valence electrons. The van der Waals surface area contributed by atoms with Crippen molar-refractivity contribution in [3.63, 3.8) is 0 Å². The Balaban J connectivity index is 1.68. The summed E-state index contributed by atoms with van der Waals surface area (Å²) in [5.41, 5.74) is 2.37. The molecule has 26 heavy (non-hydrogen) atoms. The molecule has 0 saturated carbocycles. The van der Waals surface area contributed by atoms with E-state index < -0.39 is 0 Å². The minimum atomic E-state index is -0.292. The van der Waals surface area contributed by atoms with Crippen molar-refractivity contribution in [1.29, 1.82) is 0 Å². The summed E-state index contributed by atoms with van der Waals surface area (Å²) < 4.78 is 2.39. The fraction of sp³-hybridized carbons (Fsp3) is 0.0625. The average molecular weight is 447 g/mol. The normalized spacial score (nSPS) is 11.5. The van der Waals surface area contributed by atoms with Crippen molar-refractivity contribution < 1.29 is 0 Å². The van der Waals surface area contributed by atoms with E-state index in [1.165, 1.54) is 27.4 Å². The van der Waals surface area contributed by atoms with E-state index in [9.17, 15) is 4.79 Å². The number of nitrogens with zero attached hydrogens (tertiary/aromatic N) is 5. The lowest BCUT2D eigenvalue weighted by Gasteiger charge is -1.97. The summed E-state index contributed by atoms with van der Waals surface area (Å²) >= 11 is 6.15. The Hall–Kier alpha value is -2.43. The van der Waals surface area contributed by atoms with Gasteiger partial charge >= 0.3 is 5.56 Å². The average Bonchev–Trinajstić information content (AvgIpc) is 3.36. The number of hydrogen-bond acceptors (Lipinski definition) is 7. The quantitative estimate of drug-likeness (QED) is 0.435. The Morgan fingerprint density at radius 1 is 1.19 bits per heavy atom. The van der Waals surface area contributed by atoms with Gasteiger partial charge in [0.15, 0.2) is 5.69 Å². The predicted molar refractivity (Wildman–Crippen MR) is 106 cm³/mol. The predicted octanol–water partition coefficient (Wildman–Crippen LogP) is 5.23. The van der Waals surface area contributed by atoms with Crippen LogP contribution in [-0.4, -0.2) is 19.7 Å². The molecule has 0 aliphatic heterocycles. The molecule has 0 unspecified atom stereocenters. The molecule has 0 atom stereocenters. The van der Waals surface area contributed by atoms with E-state index in [0.29, 0.717) is 16.0 Å². The van der Waals surface area contributed by atoms with E-state index in [-0.39, 0.29) is 11.2 Å². The van der Waals surface area contributed by atoms with Crippen LogP contribution in [0, 0.1) is 6.92 Å². The molecule has 10 heteroatoms. The summed E-state index contributed by atoms with van der Waals surface area (Å²) in [6, 6.07) is 7.85. The summed E-state index contributed by atoms with van der Waals surface area (Å²) in [6.45, 7) is 1.78. The highest BCUT2D eigenvalue weighted by atomic mass is 79.9.